The molecule has 0 bridgehead atoms. The zero-order valence-electron chi connectivity index (χ0n) is 16.8. The second kappa shape index (κ2) is 7.36. The number of hydrogen-bond donors (Lipinski definition) is 0. The quantitative estimate of drug-likeness (QED) is 0.322. The summed E-state index contributed by atoms with van der Waals surface area (Å²) < 4.78 is 11.0. The Labute approximate surface area is 189 Å². The van der Waals surface area contributed by atoms with Gasteiger partial charge in [-0.05, 0) is 53.1 Å². The number of ether oxygens (including phenoxy) is 2. The second-order valence-electron chi connectivity index (χ2n) is 7.65. The van der Waals surface area contributed by atoms with Crippen molar-refractivity contribution < 1.29 is 14.3 Å². The number of nitrogens with zero attached hydrogens (tertiary/aromatic N) is 1. The number of hydrogen-bond acceptors (Lipinski definition) is 4. The molecule has 0 saturated carbocycles. The Bertz CT molecular complexity index is 1420. The van der Waals surface area contributed by atoms with Gasteiger partial charge in [0.25, 0.3) is 0 Å². The topological polar surface area (TPSA) is 48.4 Å². The smallest absolute Gasteiger partial charge is 0.231 e. The van der Waals surface area contributed by atoms with Crippen LogP contribution >= 0.6 is 11.6 Å². The minimum absolute atomic E-state index is 0.0102. The predicted molar refractivity (Wildman–Crippen MR) is 125 cm³/mol. The average Bonchev–Trinajstić information content (AvgIpc) is 3.41. The van der Waals surface area contributed by atoms with E-state index in [2.05, 4.69) is 0 Å². The van der Waals surface area contributed by atoms with E-state index < -0.39 is 0 Å². The molecule has 1 aromatic heterocycles. The molecule has 3 aromatic carbocycles. The van der Waals surface area contributed by atoms with Crippen LogP contribution in [0.15, 0.2) is 72.8 Å². The lowest BCUT2D eigenvalue weighted by Crippen LogP contribution is -2.00. The van der Waals surface area contributed by atoms with Gasteiger partial charge in [0.2, 0.25) is 6.79 Å². The van der Waals surface area contributed by atoms with Gasteiger partial charge in [-0.1, -0.05) is 60.1 Å². The first-order valence-electron chi connectivity index (χ1n) is 10.2. The lowest BCUT2D eigenvalue weighted by molar-refractivity contribution is 0.104. The van der Waals surface area contributed by atoms with Gasteiger partial charge in [-0.15, -0.1) is 0 Å². The van der Waals surface area contributed by atoms with Crippen LogP contribution in [0.25, 0.3) is 34.5 Å². The molecule has 0 fully saturated rings. The number of rotatable bonds is 3. The van der Waals surface area contributed by atoms with Crippen molar-refractivity contribution in [2.75, 3.05) is 6.79 Å². The minimum Gasteiger partial charge on any atom is -0.454 e. The SMILES string of the molecule is O=C1c2ccccc2-c2nc(C=Cc3ccc(Cl)cc3)cc(-c3ccc4c(c3)OCO4)c21. The van der Waals surface area contributed by atoms with E-state index in [9.17, 15) is 4.79 Å². The van der Waals surface area contributed by atoms with E-state index in [0.717, 1.165) is 27.9 Å². The molecule has 2 aliphatic rings. The van der Waals surface area contributed by atoms with Crippen molar-refractivity contribution in [3.8, 4) is 33.9 Å². The molecule has 0 N–H and O–H groups in total. The van der Waals surface area contributed by atoms with Gasteiger partial charge in [-0.25, -0.2) is 4.98 Å². The number of fused-ring (bicyclic) bond motifs is 4. The molecule has 4 nitrogen and oxygen atoms in total. The Morgan fingerprint density at radius 2 is 1.59 bits per heavy atom. The van der Waals surface area contributed by atoms with Crippen LogP contribution in [0.2, 0.25) is 5.02 Å². The molecule has 0 spiro atoms. The lowest BCUT2D eigenvalue weighted by Gasteiger charge is -2.10. The van der Waals surface area contributed by atoms with Crippen LogP contribution in [0.5, 0.6) is 11.5 Å². The summed E-state index contributed by atoms with van der Waals surface area (Å²) in [7, 11) is 0. The molecular formula is C27H16ClNO3. The molecule has 5 heteroatoms. The Hall–Kier alpha value is -3.89. The summed E-state index contributed by atoms with van der Waals surface area (Å²) in [5.41, 5.74) is 6.34. The van der Waals surface area contributed by atoms with E-state index in [0.29, 0.717) is 33.3 Å². The molecule has 32 heavy (non-hydrogen) atoms. The maximum Gasteiger partial charge on any atom is 0.231 e. The highest BCUT2D eigenvalue weighted by Gasteiger charge is 2.31. The zero-order valence-corrected chi connectivity index (χ0v) is 17.6. The van der Waals surface area contributed by atoms with E-state index in [1.165, 1.54) is 0 Å². The van der Waals surface area contributed by atoms with E-state index in [1.807, 2.05) is 84.9 Å². The fourth-order valence-corrected chi connectivity index (χ4v) is 4.27. The number of aromatic nitrogens is 1. The number of halogens is 1. The number of carbonyl (C=O) groups is 1. The molecular weight excluding hydrogens is 422 g/mol. The fraction of sp³-hybridized carbons (Fsp3) is 0.0370. The van der Waals surface area contributed by atoms with Crippen LogP contribution in [0.4, 0.5) is 0 Å². The molecule has 1 aliphatic carbocycles. The predicted octanol–water partition coefficient (Wildman–Crippen LogP) is 6.51. The summed E-state index contributed by atoms with van der Waals surface area (Å²) in [6.45, 7) is 0.201. The van der Waals surface area contributed by atoms with E-state index >= 15 is 0 Å². The maximum absolute atomic E-state index is 13.3. The molecule has 6 rings (SSSR count). The zero-order chi connectivity index (χ0) is 21.7. The van der Waals surface area contributed by atoms with Crippen LogP contribution in [0.1, 0.15) is 27.2 Å². The van der Waals surface area contributed by atoms with Crippen molar-refractivity contribution in [1.82, 2.24) is 4.98 Å². The molecule has 0 radical (unpaired) electrons. The average molecular weight is 438 g/mol. The molecule has 0 saturated heterocycles. The van der Waals surface area contributed by atoms with E-state index in [-0.39, 0.29) is 12.6 Å². The Morgan fingerprint density at radius 1 is 0.812 bits per heavy atom. The van der Waals surface area contributed by atoms with E-state index in [4.69, 9.17) is 26.1 Å². The molecule has 0 atom stereocenters. The highest BCUT2D eigenvalue weighted by molar-refractivity contribution is 6.30. The third kappa shape index (κ3) is 3.08. The van der Waals surface area contributed by atoms with E-state index in [1.54, 1.807) is 0 Å². The van der Waals surface area contributed by atoms with Crippen molar-refractivity contribution in [3.05, 3.63) is 100 Å². The summed E-state index contributed by atoms with van der Waals surface area (Å²) in [5, 5.41) is 0.693. The van der Waals surface area contributed by atoms with Gasteiger partial charge in [0.15, 0.2) is 17.3 Å². The highest BCUT2D eigenvalue weighted by Crippen LogP contribution is 2.43. The Kier molecular flexibility index (Phi) is 4.33. The van der Waals surface area contributed by atoms with Gasteiger partial charge in [0.05, 0.1) is 17.0 Å². The largest absolute Gasteiger partial charge is 0.454 e. The third-order valence-electron chi connectivity index (χ3n) is 5.69. The first-order chi connectivity index (χ1) is 15.7. The Balaban J connectivity index is 1.53. The van der Waals surface area contributed by atoms with Gasteiger partial charge in [-0.3, -0.25) is 4.79 Å². The number of ketones is 1. The van der Waals surface area contributed by atoms with Gasteiger partial charge in [0.1, 0.15) is 0 Å². The maximum atomic E-state index is 13.3. The molecule has 2 heterocycles. The first-order valence-corrected chi connectivity index (χ1v) is 10.6. The summed E-state index contributed by atoms with van der Waals surface area (Å²) >= 11 is 6.00. The van der Waals surface area contributed by atoms with Gasteiger partial charge >= 0.3 is 0 Å². The monoisotopic (exact) mass is 437 g/mol. The molecule has 4 aromatic rings. The van der Waals surface area contributed by atoms with Crippen LogP contribution in [-0.4, -0.2) is 17.6 Å². The molecule has 0 amide bonds. The normalized spacial score (nSPS) is 13.5. The van der Waals surface area contributed by atoms with Crippen LogP contribution in [0, 0.1) is 0 Å². The fourth-order valence-electron chi connectivity index (χ4n) is 4.14. The van der Waals surface area contributed by atoms with Crippen molar-refractivity contribution in [1.29, 1.82) is 0 Å². The highest BCUT2D eigenvalue weighted by atomic mass is 35.5. The molecule has 1 aliphatic heterocycles. The second-order valence-corrected chi connectivity index (χ2v) is 8.08. The summed E-state index contributed by atoms with van der Waals surface area (Å²) in [6, 6.07) is 22.9. The summed E-state index contributed by atoms with van der Waals surface area (Å²) in [4.78, 5) is 18.2. The third-order valence-corrected chi connectivity index (χ3v) is 5.95. The summed E-state index contributed by atoms with van der Waals surface area (Å²) in [5.74, 6) is 1.37. The van der Waals surface area contributed by atoms with Gasteiger partial charge in [-0.2, -0.15) is 0 Å². The van der Waals surface area contributed by atoms with Gasteiger partial charge in [0, 0.05) is 16.1 Å². The van der Waals surface area contributed by atoms with Crippen LogP contribution in [0.3, 0.4) is 0 Å². The minimum atomic E-state index is -0.0102. The molecule has 0 unspecified atom stereocenters. The summed E-state index contributed by atoms with van der Waals surface area (Å²) in [6.07, 6.45) is 3.93. The van der Waals surface area contributed by atoms with Crippen molar-refractivity contribution in [3.63, 3.8) is 0 Å². The van der Waals surface area contributed by atoms with Crippen LogP contribution in [-0.2, 0) is 0 Å². The van der Waals surface area contributed by atoms with Crippen molar-refractivity contribution in [2.24, 2.45) is 0 Å². The van der Waals surface area contributed by atoms with Gasteiger partial charge < -0.3 is 9.47 Å². The van der Waals surface area contributed by atoms with Crippen molar-refractivity contribution in [2.45, 2.75) is 0 Å². The first kappa shape index (κ1) is 18.8. The van der Waals surface area contributed by atoms with Crippen LogP contribution < -0.4 is 9.47 Å². The lowest BCUT2D eigenvalue weighted by atomic mass is 9.96. The number of pyridine rings is 1. The number of benzene rings is 3. The van der Waals surface area contributed by atoms with Crippen molar-refractivity contribution >= 4 is 29.5 Å². The molecule has 154 valence electrons. The number of carbonyl (C=O) groups excluding carboxylic acids is 1. The standard InChI is InChI=1S/C27H16ClNO3/c28-18-9-5-16(6-10-18)7-11-19-14-22(17-8-12-23-24(13-17)32-15-31-23)25-26(29-19)20-3-1-2-4-21(20)27(25)30/h1-14H,15H2. The Morgan fingerprint density at radius 3 is 2.44 bits per heavy atom.